The largest absolute Gasteiger partial charge is 0.507 e. The number of halogens is 3. The van der Waals surface area contributed by atoms with Crippen molar-refractivity contribution < 1.29 is 33.0 Å². The predicted molar refractivity (Wildman–Crippen MR) is 143 cm³/mol. The number of anilines is 1. The summed E-state index contributed by atoms with van der Waals surface area (Å²) < 4.78 is 41.7. The zero-order valence-electron chi connectivity index (χ0n) is 21.4. The minimum Gasteiger partial charge on any atom is -0.507 e. The number of fused-ring (bicyclic) bond motifs is 1. The van der Waals surface area contributed by atoms with E-state index in [0.29, 0.717) is 45.1 Å². The Morgan fingerprint density at radius 3 is 2.65 bits per heavy atom. The van der Waals surface area contributed by atoms with Crippen molar-refractivity contribution in [1.82, 2.24) is 19.8 Å². The highest BCUT2D eigenvalue weighted by molar-refractivity contribution is 6.34. The molecule has 10 nitrogen and oxygen atoms in total. The summed E-state index contributed by atoms with van der Waals surface area (Å²) in [5.74, 6) is -2.35. The second-order valence-corrected chi connectivity index (χ2v) is 9.61. The zero-order chi connectivity index (χ0) is 28.4. The van der Waals surface area contributed by atoms with Crippen molar-refractivity contribution in [2.24, 2.45) is 0 Å². The van der Waals surface area contributed by atoms with Crippen LogP contribution in [0.4, 0.5) is 14.6 Å². The Morgan fingerprint density at radius 1 is 1.18 bits per heavy atom. The van der Waals surface area contributed by atoms with E-state index >= 15 is 4.39 Å². The van der Waals surface area contributed by atoms with Gasteiger partial charge in [-0.15, -0.1) is 0 Å². The highest BCUT2D eigenvalue weighted by Crippen LogP contribution is 2.42. The minimum atomic E-state index is -0.958. The summed E-state index contributed by atoms with van der Waals surface area (Å²) in [7, 11) is 0. The van der Waals surface area contributed by atoms with Crippen LogP contribution in [-0.4, -0.2) is 95.8 Å². The summed E-state index contributed by atoms with van der Waals surface area (Å²) in [6.45, 7) is 6.15. The Bertz CT molecular complexity index is 1460. The maximum absolute atomic E-state index is 16.1. The number of amides is 2. The lowest BCUT2D eigenvalue weighted by atomic mass is 10.0. The lowest BCUT2D eigenvalue weighted by Crippen LogP contribution is -2.48. The average Bonchev–Trinajstić information content (AvgIpc) is 2.95. The highest BCUT2D eigenvalue weighted by atomic mass is 35.5. The van der Waals surface area contributed by atoms with E-state index in [0.717, 1.165) is 6.07 Å². The van der Waals surface area contributed by atoms with Gasteiger partial charge in [-0.2, -0.15) is 9.97 Å². The third-order valence-electron chi connectivity index (χ3n) is 6.83. The lowest BCUT2D eigenvalue weighted by molar-refractivity contribution is -0.143. The molecule has 5 rings (SSSR count). The van der Waals surface area contributed by atoms with Gasteiger partial charge in [-0.25, -0.2) is 8.78 Å². The van der Waals surface area contributed by atoms with E-state index in [4.69, 9.17) is 21.1 Å². The molecule has 2 aromatic carbocycles. The van der Waals surface area contributed by atoms with Crippen molar-refractivity contribution in [2.75, 3.05) is 64.0 Å². The van der Waals surface area contributed by atoms with Gasteiger partial charge in [-0.1, -0.05) is 24.2 Å². The number of phenols is 1. The molecule has 0 bridgehead atoms. The van der Waals surface area contributed by atoms with Crippen molar-refractivity contribution in [3.63, 3.8) is 0 Å². The molecule has 2 amide bonds. The molecular formula is C27H26ClF2N5O5. The van der Waals surface area contributed by atoms with Crippen LogP contribution in [0.15, 0.2) is 36.9 Å². The number of carbonyl (C=O) groups excluding carboxylic acids is 2. The first-order valence-corrected chi connectivity index (χ1v) is 13.0. The Labute approximate surface area is 233 Å². The van der Waals surface area contributed by atoms with Crippen molar-refractivity contribution >= 4 is 40.1 Å². The molecule has 2 aliphatic heterocycles. The van der Waals surface area contributed by atoms with Gasteiger partial charge in [0.15, 0.2) is 5.82 Å². The Hall–Kier alpha value is -4.03. The van der Waals surface area contributed by atoms with Crippen LogP contribution in [0, 0.1) is 11.6 Å². The van der Waals surface area contributed by atoms with Crippen LogP contribution in [0.2, 0.25) is 5.02 Å². The quantitative estimate of drug-likeness (QED) is 0.430. The van der Waals surface area contributed by atoms with Gasteiger partial charge >= 0.3 is 6.01 Å². The maximum atomic E-state index is 16.1. The number of phenolic OH excluding ortho intramolecular Hbond substituents is 1. The number of nitrogens with zero attached hydrogens (tertiary/aromatic N) is 5. The highest BCUT2D eigenvalue weighted by Gasteiger charge is 2.28. The molecule has 40 heavy (non-hydrogen) atoms. The third kappa shape index (κ3) is 5.36. The summed E-state index contributed by atoms with van der Waals surface area (Å²) in [6, 6.07) is 4.89. The fourth-order valence-electron chi connectivity index (χ4n) is 4.76. The molecule has 0 aliphatic carbocycles. The number of hydrogen-bond acceptors (Lipinski definition) is 8. The zero-order valence-corrected chi connectivity index (χ0v) is 22.2. The van der Waals surface area contributed by atoms with Crippen LogP contribution in [0.3, 0.4) is 0 Å². The van der Waals surface area contributed by atoms with Gasteiger partial charge in [-0.05, 0) is 24.3 Å². The molecule has 0 spiro atoms. The lowest BCUT2D eigenvalue weighted by Gasteiger charge is -2.35. The smallest absolute Gasteiger partial charge is 0.319 e. The SMILES string of the molecule is C=CC(=O)N1CCN(c2nc(OCCN3CCOCC3=O)nc3c(F)c(-c4c(O)cccc4F)c(Cl)cc23)CC1. The molecule has 0 atom stereocenters. The number of piperazine rings is 1. The molecule has 3 heterocycles. The minimum absolute atomic E-state index is 0.00536. The molecule has 210 valence electrons. The number of morpholine rings is 1. The molecule has 2 aliphatic rings. The fraction of sp³-hybridized carbons (Fsp3) is 0.333. The number of rotatable bonds is 7. The average molecular weight is 574 g/mol. The fourth-order valence-corrected chi connectivity index (χ4v) is 5.04. The second-order valence-electron chi connectivity index (χ2n) is 9.21. The van der Waals surface area contributed by atoms with Crippen molar-refractivity contribution in [3.05, 3.63) is 53.6 Å². The monoisotopic (exact) mass is 573 g/mol. The first-order chi connectivity index (χ1) is 19.3. The van der Waals surface area contributed by atoms with E-state index in [9.17, 15) is 19.1 Å². The van der Waals surface area contributed by atoms with Crippen molar-refractivity contribution in [3.8, 4) is 22.9 Å². The van der Waals surface area contributed by atoms with Gasteiger partial charge in [-0.3, -0.25) is 9.59 Å². The number of carbonyl (C=O) groups is 2. The van der Waals surface area contributed by atoms with Crippen LogP contribution in [0.5, 0.6) is 11.8 Å². The van der Waals surface area contributed by atoms with E-state index in [1.807, 2.05) is 4.90 Å². The third-order valence-corrected chi connectivity index (χ3v) is 7.12. The van der Waals surface area contributed by atoms with Gasteiger partial charge < -0.3 is 29.3 Å². The van der Waals surface area contributed by atoms with Gasteiger partial charge in [0.05, 0.1) is 23.7 Å². The molecule has 3 aromatic rings. The van der Waals surface area contributed by atoms with Crippen LogP contribution in [-0.2, 0) is 14.3 Å². The summed E-state index contributed by atoms with van der Waals surface area (Å²) >= 11 is 6.47. The van der Waals surface area contributed by atoms with Gasteiger partial charge in [0, 0.05) is 43.7 Å². The molecular weight excluding hydrogens is 548 g/mol. The molecule has 2 saturated heterocycles. The van der Waals surface area contributed by atoms with Gasteiger partial charge in [0.25, 0.3) is 0 Å². The Morgan fingerprint density at radius 2 is 1.95 bits per heavy atom. The van der Waals surface area contributed by atoms with Crippen LogP contribution >= 0.6 is 11.6 Å². The number of aromatic nitrogens is 2. The Kier molecular flexibility index (Phi) is 7.99. The molecule has 13 heteroatoms. The second kappa shape index (κ2) is 11.6. The van der Waals surface area contributed by atoms with E-state index < -0.39 is 22.9 Å². The summed E-state index contributed by atoms with van der Waals surface area (Å²) in [5.41, 5.74) is -0.924. The molecule has 0 saturated carbocycles. The van der Waals surface area contributed by atoms with Crippen LogP contribution < -0.4 is 9.64 Å². The summed E-state index contributed by atoms with van der Waals surface area (Å²) in [5, 5.41) is 10.4. The topological polar surface area (TPSA) is 108 Å². The molecule has 0 unspecified atom stereocenters. The van der Waals surface area contributed by atoms with E-state index in [1.54, 1.807) is 9.80 Å². The van der Waals surface area contributed by atoms with Crippen molar-refractivity contribution in [2.45, 2.75) is 0 Å². The molecule has 1 N–H and O–H groups in total. The first-order valence-electron chi connectivity index (χ1n) is 12.6. The molecule has 1 aromatic heterocycles. The first kappa shape index (κ1) is 27.5. The summed E-state index contributed by atoms with van der Waals surface area (Å²) in [4.78, 5) is 38.0. The number of ether oxygens (including phenoxy) is 2. The van der Waals surface area contributed by atoms with Gasteiger partial charge in [0.1, 0.15) is 36.1 Å². The standard InChI is InChI=1S/C27H26ClF2N5O5/c1-2-20(37)33-6-8-35(9-7-33)26-16-14-17(28)22(23-18(29)4-3-5-19(23)36)24(30)25(16)31-27(32-26)40-13-11-34-10-12-39-15-21(34)38/h2-5,14,36H,1,6-13,15H2. The summed E-state index contributed by atoms with van der Waals surface area (Å²) in [6.07, 6.45) is 1.25. The van der Waals surface area contributed by atoms with Crippen LogP contribution in [0.25, 0.3) is 22.0 Å². The molecule has 2 fully saturated rings. The van der Waals surface area contributed by atoms with E-state index in [2.05, 4.69) is 16.5 Å². The maximum Gasteiger partial charge on any atom is 0.319 e. The molecule has 0 radical (unpaired) electrons. The number of aromatic hydroxyl groups is 1. The van der Waals surface area contributed by atoms with Crippen molar-refractivity contribution in [1.29, 1.82) is 0 Å². The van der Waals surface area contributed by atoms with E-state index in [1.165, 1.54) is 24.3 Å². The number of hydrogen-bond donors (Lipinski definition) is 1. The normalized spacial score (nSPS) is 16.0. The Balaban J connectivity index is 1.54. The van der Waals surface area contributed by atoms with Crippen LogP contribution in [0.1, 0.15) is 0 Å². The van der Waals surface area contributed by atoms with E-state index in [-0.39, 0.29) is 59.1 Å². The number of benzene rings is 2. The van der Waals surface area contributed by atoms with Gasteiger partial charge in [0.2, 0.25) is 11.8 Å². The predicted octanol–water partition coefficient (Wildman–Crippen LogP) is 3.01.